The lowest BCUT2D eigenvalue weighted by atomic mass is 9.95. The Labute approximate surface area is 106 Å². The Morgan fingerprint density at radius 1 is 1.24 bits per heavy atom. The zero-order chi connectivity index (χ0) is 12.4. The van der Waals surface area contributed by atoms with E-state index in [1.54, 1.807) is 14.2 Å². The third-order valence-corrected chi connectivity index (χ3v) is 3.13. The summed E-state index contributed by atoms with van der Waals surface area (Å²) in [4.78, 5) is 4.49. The molecular weight excluding hydrogens is 238 g/mol. The lowest BCUT2D eigenvalue weighted by Gasteiger charge is -2.20. The molecule has 1 aromatic rings. The van der Waals surface area contributed by atoms with E-state index < -0.39 is 0 Å². The Morgan fingerprint density at radius 2 is 1.88 bits per heavy atom. The Bertz CT molecular complexity index is 455. The standard InChI is InChI=1S/C13H16ClNO2/c1-8(14)13-10-7-12(17-3)11(16-2)6-9(10)4-5-15-13/h6-8H,4-5H2,1-3H3. The molecule has 1 aliphatic rings. The Hall–Kier alpha value is -1.22. The SMILES string of the molecule is COc1cc2c(cc1OC)C(C(C)Cl)=NCC2. The predicted octanol–water partition coefficient (Wildman–Crippen LogP) is 2.68. The summed E-state index contributed by atoms with van der Waals surface area (Å²) in [7, 11) is 3.28. The first kappa shape index (κ1) is 12.2. The Balaban J connectivity index is 2.53. The third-order valence-electron chi connectivity index (χ3n) is 2.93. The average Bonchev–Trinajstić information content (AvgIpc) is 2.35. The topological polar surface area (TPSA) is 30.8 Å². The summed E-state index contributed by atoms with van der Waals surface area (Å²) in [5.41, 5.74) is 3.24. The first-order valence-electron chi connectivity index (χ1n) is 5.61. The fraction of sp³-hybridized carbons (Fsp3) is 0.462. The highest BCUT2D eigenvalue weighted by molar-refractivity contribution is 6.35. The van der Waals surface area contributed by atoms with Crippen LogP contribution in [-0.2, 0) is 6.42 Å². The average molecular weight is 254 g/mol. The van der Waals surface area contributed by atoms with Crippen molar-refractivity contribution in [3.63, 3.8) is 0 Å². The van der Waals surface area contributed by atoms with Crippen LogP contribution >= 0.6 is 11.6 Å². The van der Waals surface area contributed by atoms with Crippen LogP contribution in [0.25, 0.3) is 0 Å². The van der Waals surface area contributed by atoms with E-state index in [0.29, 0.717) is 0 Å². The molecule has 1 aliphatic heterocycles. The van der Waals surface area contributed by atoms with Crippen LogP contribution in [0.3, 0.4) is 0 Å². The van der Waals surface area contributed by atoms with Crippen molar-refractivity contribution in [1.29, 1.82) is 0 Å². The molecule has 0 saturated heterocycles. The minimum absolute atomic E-state index is 0.0906. The minimum Gasteiger partial charge on any atom is -0.493 e. The molecule has 4 heteroatoms. The van der Waals surface area contributed by atoms with Crippen molar-refractivity contribution in [3.05, 3.63) is 23.3 Å². The van der Waals surface area contributed by atoms with Gasteiger partial charge in [-0.2, -0.15) is 0 Å². The van der Waals surface area contributed by atoms with Gasteiger partial charge in [-0.1, -0.05) is 0 Å². The second kappa shape index (κ2) is 4.96. The summed E-state index contributed by atoms with van der Waals surface area (Å²) in [6.07, 6.45) is 0.919. The molecule has 0 spiro atoms. The van der Waals surface area contributed by atoms with Crippen LogP contribution < -0.4 is 9.47 Å². The van der Waals surface area contributed by atoms with Crippen LogP contribution in [0, 0.1) is 0 Å². The fourth-order valence-electron chi connectivity index (χ4n) is 2.09. The number of alkyl halides is 1. The van der Waals surface area contributed by atoms with E-state index in [4.69, 9.17) is 21.1 Å². The number of hydrogen-bond donors (Lipinski definition) is 0. The molecule has 0 aliphatic carbocycles. The number of benzene rings is 1. The molecule has 0 radical (unpaired) electrons. The van der Waals surface area contributed by atoms with Gasteiger partial charge in [0.1, 0.15) is 0 Å². The van der Waals surface area contributed by atoms with Gasteiger partial charge in [0.05, 0.1) is 25.3 Å². The summed E-state index contributed by atoms with van der Waals surface area (Å²) >= 11 is 6.15. The molecule has 1 heterocycles. The van der Waals surface area contributed by atoms with Crippen LogP contribution in [0.2, 0.25) is 0 Å². The van der Waals surface area contributed by atoms with Crippen molar-refractivity contribution < 1.29 is 9.47 Å². The van der Waals surface area contributed by atoms with Gasteiger partial charge >= 0.3 is 0 Å². The maximum absolute atomic E-state index is 6.15. The summed E-state index contributed by atoms with van der Waals surface area (Å²) in [5, 5.41) is -0.0906. The van der Waals surface area contributed by atoms with E-state index in [1.807, 2.05) is 19.1 Å². The predicted molar refractivity (Wildman–Crippen MR) is 70.0 cm³/mol. The van der Waals surface area contributed by atoms with Crippen LogP contribution in [0.15, 0.2) is 17.1 Å². The first-order valence-corrected chi connectivity index (χ1v) is 6.04. The molecule has 0 bridgehead atoms. The van der Waals surface area contributed by atoms with Crippen molar-refractivity contribution in [2.45, 2.75) is 18.7 Å². The Morgan fingerprint density at radius 3 is 2.47 bits per heavy atom. The van der Waals surface area contributed by atoms with Crippen molar-refractivity contribution in [3.8, 4) is 11.5 Å². The van der Waals surface area contributed by atoms with Gasteiger partial charge in [-0.3, -0.25) is 4.99 Å². The molecule has 0 fully saturated rings. The second-order valence-corrected chi connectivity index (χ2v) is 4.65. The largest absolute Gasteiger partial charge is 0.493 e. The molecular formula is C13H16ClNO2. The molecule has 0 N–H and O–H groups in total. The molecule has 2 rings (SSSR count). The molecule has 17 heavy (non-hydrogen) atoms. The fourth-order valence-corrected chi connectivity index (χ4v) is 2.27. The van der Waals surface area contributed by atoms with Gasteiger partial charge in [0.2, 0.25) is 0 Å². The maximum Gasteiger partial charge on any atom is 0.161 e. The molecule has 1 aromatic carbocycles. The normalized spacial score (nSPS) is 15.9. The summed E-state index contributed by atoms with van der Waals surface area (Å²) < 4.78 is 10.6. The van der Waals surface area contributed by atoms with Crippen molar-refractivity contribution in [2.75, 3.05) is 20.8 Å². The summed E-state index contributed by atoms with van der Waals surface area (Å²) in [6, 6.07) is 3.98. The number of hydrogen-bond acceptors (Lipinski definition) is 3. The molecule has 0 aromatic heterocycles. The van der Waals surface area contributed by atoms with Gasteiger partial charge in [-0.05, 0) is 31.0 Å². The van der Waals surface area contributed by atoms with E-state index in [2.05, 4.69) is 4.99 Å². The quantitative estimate of drug-likeness (QED) is 0.776. The second-order valence-electron chi connectivity index (χ2n) is 4.00. The van der Waals surface area contributed by atoms with Crippen LogP contribution in [0.5, 0.6) is 11.5 Å². The summed E-state index contributed by atoms with van der Waals surface area (Å²) in [5.74, 6) is 1.48. The number of fused-ring (bicyclic) bond motifs is 1. The zero-order valence-corrected chi connectivity index (χ0v) is 11.0. The zero-order valence-electron chi connectivity index (χ0n) is 10.3. The lowest BCUT2D eigenvalue weighted by Crippen LogP contribution is -2.20. The van der Waals surface area contributed by atoms with Gasteiger partial charge in [0.25, 0.3) is 0 Å². The highest BCUT2D eigenvalue weighted by Crippen LogP contribution is 2.33. The number of methoxy groups -OCH3 is 2. The van der Waals surface area contributed by atoms with E-state index in [9.17, 15) is 0 Å². The highest BCUT2D eigenvalue weighted by Gasteiger charge is 2.20. The van der Waals surface area contributed by atoms with E-state index in [-0.39, 0.29) is 5.38 Å². The number of rotatable bonds is 3. The van der Waals surface area contributed by atoms with Crippen LogP contribution in [0.1, 0.15) is 18.1 Å². The lowest BCUT2D eigenvalue weighted by molar-refractivity contribution is 0.354. The first-order chi connectivity index (χ1) is 8.17. The molecule has 0 saturated carbocycles. The monoisotopic (exact) mass is 253 g/mol. The van der Waals surface area contributed by atoms with Crippen molar-refractivity contribution >= 4 is 17.3 Å². The number of aliphatic imine (C=N–C) groups is 1. The van der Waals surface area contributed by atoms with Gasteiger partial charge in [0.15, 0.2) is 11.5 Å². The number of halogens is 1. The van der Waals surface area contributed by atoms with E-state index >= 15 is 0 Å². The molecule has 92 valence electrons. The van der Waals surface area contributed by atoms with Crippen molar-refractivity contribution in [1.82, 2.24) is 0 Å². The molecule has 1 atom stereocenters. The van der Waals surface area contributed by atoms with Crippen LogP contribution in [0.4, 0.5) is 0 Å². The van der Waals surface area contributed by atoms with Gasteiger partial charge in [-0.25, -0.2) is 0 Å². The molecule has 1 unspecified atom stereocenters. The molecule has 3 nitrogen and oxygen atoms in total. The number of ether oxygens (including phenoxy) is 2. The van der Waals surface area contributed by atoms with E-state index in [0.717, 1.165) is 35.7 Å². The maximum atomic E-state index is 6.15. The summed E-state index contributed by atoms with van der Waals surface area (Å²) in [6.45, 7) is 2.72. The number of nitrogens with zero attached hydrogens (tertiary/aromatic N) is 1. The smallest absolute Gasteiger partial charge is 0.161 e. The van der Waals surface area contributed by atoms with Gasteiger partial charge < -0.3 is 9.47 Å². The highest BCUT2D eigenvalue weighted by atomic mass is 35.5. The van der Waals surface area contributed by atoms with Crippen LogP contribution in [-0.4, -0.2) is 31.9 Å². The Kier molecular flexibility index (Phi) is 3.57. The molecule has 0 amide bonds. The van der Waals surface area contributed by atoms with E-state index in [1.165, 1.54) is 5.56 Å². The third kappa shape index (κ3) is 2.25. The minimum atomic E-state index is -0.0906. The van der Waals surface area contributed by atoms with Gasteiger partial charge in [0, 0.05) is 12.1 Å². The van der Waals surface area contributed by atoms with Gasteiger partial charge in [-0.15, -0.1) is 11.6 Å². The van der Waals surface area contributed by atoms with Crippen molar-refractivity contribution in [2.24, 2.45) is 4.99 Å².